The van der Waals surface area contributed by atoms with Crippen LogP contribution < -0.4 is 0 Å². The highest BCUT2D eigenvalue weighted by molar-refractivity contribution is 6.31. The second-order valence-electron chi connectivity index (χ2n) is 1.55. The van der Waals surface area contributed by atoms with Crippen LogP contribution in [-0.4, -0.2) is 5.16 Å². The Morgan fingerprint density at radius 1 is 1.78 bits per heavy atom. The van der Waals surface area contributed by atoms with Crippen LogP contribution in [0.15, 0.2) is 16.9 Å². The van der Waals surface area contributed by atoms with E-state index >= 15 is 0 Å². The van der Waals surface area contributed by atoms with E-state index in [4.69, 9.17) is 11.6 Å². The minimum Gasteiger partial charge on any atom is -0.363 e. The first-order valence-electron chi connectivity index (χ1n) is 2.57. The molecular formula is C6H6ClNO. The van der Waals surface area contributed by atoms with Crippen LogP contribution >= 0.6 is 11.6 Å². The van der Waals surface area contributed by atoms with E-state index in [1.165, 1.54) is 6.26 Å². The lowest BCUT2D eigenvalue weighted by Crippen LogP contribution is -1.67. The Hall–Kier alpha value is -0.760. The maximum atomic E-state index is 5.61. The van der Waals surface area contributed by atoms with E-state index < -0.39 is 0 Å². The predicted molar refractivity (Wildman–Crippen MR) is 36.2 cm³/mol. The SMILES string of the molecule is C/C=C/c1nocc1Cl. The van der Waals surface area contributed by atoms with Crippen molar-refractivity contribution in [1.82, 2.24) is 5.16 Å². The standard InChI is InChI=1S/C6H6ClNO/c1-2-3-6-5(7)4-9-8-6/h2-4H,1H3/b3-2+. The lowest BCUT2D eigenvalue weighted by Gasteiger charge is -1.77. The molecule has 0 atom stereocenters. The Morgan fingerprint density at radius 3 is 3.00 bits per heavy atom. The van der Waals surface area contributed by atoms with Gasteiger partial charge in [0, 0.05) is 0 Å². The van der Waals surface area contributed by atoms with Gasteiger partial charge in [-0.2, -0.15) is 0 Å². The summed E-state index contributed by atoms with van der Waals surface area (Å²) >= 11 is 5.61. The lowest BCUT2D eigenvalue weighted by atomic mass is 10.4. The third-order valence-electron chi connectivity index (χ3n) is 0.876. The average Bonchev–Trinajstić information content (AvgIpc) is 2.18. The molecule has 1 rings (SSSR count). The van der Waals surface area contributed by atoms with Crippen molar-refractivity contribution in [2.45, 2.75) is 6.92 Å². The molecule has 0 aliphatic carbocycles. The molecule has 0 unspecified atom stereocenters. The molecular weight excluding hydrogens is 138 g/mol. The fraction of sp³-hybridized carbons (Fsp3) is 0.167. The van der Waals surface area contributed by atoms with E-state index in [2.05, 4.69) is 9.68 Å². The van der Waals surface area contributed by atoms with Crippen molar-refractivity contribution in [2.75, 3.05) is 0 Å². The van der Waals surface area contributed by atoms with E-state index in [-0.39, 0.29) is 0 Å². The summed E-state index contributed by atoms with van der Waals surface area (Å²) in [5.41, 5.74) is 0.680. The zero-order valence-electron chi connectivity index (χ0n) is 4.97. The van der Waals surface area contributed by atoms with E-state index in [1.807, 2.05) is 13.0 Å². The van der Waals surface area contributed by atoms with E-state index in [0.29, 0.717) is 10.7 Å². The molecule has 0 spiro atoms. The summed E-state index contributed by atoms with van der Waals surface area (Å²) in [6.45, 7) is 1.89. The molecule has 9 heavy (non-hydrogen) atoms. The number of allylic oxidation sites excluding steroid dienone is 1. The van der Waals surface area contributed by atoms with Crippen molar-refractivity contribution in [3.8, 4) is 0 Å². The molecule has 0 amide bonds. The third-order valence-corrected chi connectivity index (χ3v) is 1.16. The summed E-state index contributed by atoms with van der Waals surface area (Å²) in [5.74, 6) is 0. The van der Waals surface area contributed by atoms with E-state index in [0.717, 1.165) is 0 Å². The Labute approximate surface area is 58.1 Å². The topological polar surface area (TPSA) is 26.0 Å². The minimum atomic E-state index is 0.549. The zero-order chi connectivity index (χ0) is 6.69. The first-order chi connectivity index (χ1) is 4.34. The van der Waals surface area contributed by atoms with Crippen LogP contribution in [-0.2, 0) is 0 Å². The second-order valence-corrected chi connectivity index (χ2v) is 1.95. The lowest BCUT2D eigenvalue weighted by molar-refractivity contribution is 0.418. The molecule has 3 heteroatoms. The van der Waals surface area contributed by atoms with Crippen molar-refractivity contribution in [2.24, 2.45) is 0 Å². The summed E-state index contributed by atoms with van der Waals surface area (Å²) in [4.78, 5) is 0. The van der Waals surface area contributed by atoms with Gasteiger partial charge in [-0.25, -0.2) is 0 Å². The van der Waals surface area contributed by atoms with Gasteiger partial charge in [0.05, 0.1) is 0 Å². The van der Waals surface area contributed by atoms with Gasteiger partial charge in [-0.1, -0.05) is 22.8 Å². The maximum absolute atomic E-state index is 5.61. The number of hydrogen-bond donors (Lipinski definition) is 0. The Bertz CT molecular complexity index is 217. The molecule has 0 radical (unpaired) electrons. The van der Waals surface area contributed by atoms with Crippen LogP contribution in [0, 0.1) is 0 Å². The van der Waals surface area contributed by atoms with Crippen molar-refractivity contribution < 1.29 is 4.52 Å². The van der Waals surface area contributed by atoms with Crippen LogP contribution in [0.1, 0.15) is 12.6 Å². The maximum Gasteiger partial charge on any atom is 0.143 e. The van der Waals surface area contributed by atoms with Gasteiger partial charge in [-0.05, 0) is 13.0 Å². The van der Waals surface area contributed by atoms with Gasteiger partial charge in [0.2, 0.25) is 0 Å². The molecule has 1 heterocycles. The number of aromatic nitrogens is 1. The Balaban J connectivity index is 2.94. The van der Waals surface area contributed by atoms with Crippen LogP contribution in [0.25, 0.3) is 6.08 Å². The molecule has 0 fully saturated rings. The van der Waals surface area contributed by atoms with Gasteiger partial charge in [0.1, 0.15) is 17.0 Å². The highest BCUT2D eigenvalue weighted by atomic mass is 35.5. The summed E-state index contributed by atoms with van der Waals surface area (Å²) in [6, 6.07) is 0. The van der Waals surface area contributed by atoms with Crippen LogP contribution in [0.4, 0.5) is 0 Å². The van der Waals surface area contributed by atoms with Crippen molar-refractivity contribution in [1.29, 1.82) is 0 Å². The summed E-state index contributed by atoms with van der Waals surface area (Å²) in [7, 11) is 0. The fourth-order valence-corrected chi connectivity index (χ4v) is 0.639. The van der Waals surface area contributed by atoms with Crippen molar-refractivity contribution in [3.63, 3.8) is 0 Å². The first-order valence-corrected chi connectivity index (χ1v) is 2.95. The fourth-order valence-electron chi connectivity index (χ4n) is 0.501. The molecule has 0 aliphatic heterocycles. The largest absolute Gasteiger partial charge is 0.363 e. The minimum absolute atomic E-state index is 0.549. The van der Waals surface area contributed by atoms with Crippen LogP contribution in [0.2, 0.25) is 5.02 Å². The summed E-state index contributed by atoms with van der Waals surface area (Å²) < 4.78 is 4.56. The molecule has 1 aromatic rings. The summed E-state index contributed by atoms with van der Waals surface area (Å²) in [5, 5.41) is 4.16. The molecule has 2 nitrogen and oxygen atoms in total. The molecule has 0 saturated carbocycles. The molecule has 0 N–H and O–H groups in total. The molecule has 0 saturated heterocycles. The second kappa shape index (κ2) is 2.69. The van der Waals surface area contributed by atoms with Gasteiger partial charge in [0.15, 0.2) is 0 Å². The van der Waals surface area contributed by atoms with Gasteiger partial charge >= 0.3 is 0 Å². The highest BCUT2D eigenvalue weighted by Gasteiger charge is 1.97. The predicted octanol–water partition coefficient (Wildman–Crippen LogP) is 2.36. The number of nitrogens with zero attached hydrogens (tertiary/aromatic N) is 1. The Kier molecular flexibility index (Phi) is 1.90. The molecule has 0 bridgehead atoms. The van der Waals surface area contributed by atoms with Gasteiger partial charge in [-0.15, -0.1) is 0 Å². The summed E-state index contributed by atoms with van der Waals surface area (Å²) in [6.07, 6.45) is 5.03. The van der Waals surface area contributed by atoms with Gasteiger partial charge < -0.3 is 4.52 Å². The Morgan fingerprint density at radius 2 is 2.56 bits per heavy atom. The molecule has 0 aromatic carbocycles. The van der Waals surface area contributed by atoms with Gasteiger partial charge in [-0.3, -0.25) is 0 Å². The van der Waals surface area contributed by atoms with E-state index in [9.17, 15) is 0 Å². The van der Waals surface area contributed by atoms with Crippen molar-refractivity contribution >= 4 is 17.7 Å². The van der Waals surface area contributed by atoms with Crippen LogP contribution in [0.5, 0.6) is 0 Å². The number of hydrogen-bond acceptors (Lipinski definition) is 2. The monoisotopic (exact) mass is 143 g/mol. The highest BCUT2D eigenvalue weighted by Crippen LogP contribution is 2.13. The smallest absolute Gasteiger partial charge is 0.143 e. The van der Waals surface area contributed by atoms with Gasteiger partial charge in [0.25, 0.3) is 0 Å². The van der Waals surface area contributed by atoms with Crippen LogP contribution in [0.3, 0.4) is 0 Å². The number of rotatable bonds is 1. The average molecular weight is 144 g/mol. The molecule has 0 aliphatic rings. The zero-order valence-corrected chi connectivity index (χ0v) is 5.72. The molecule has 48 valence electrons. The first kappa shape index (κ1) is 6.36. The molecule has 1 aromatic heterocycles. The quantitative estimate of drug-likeness (QED) is 0.603. The number of halogens is 1. The third kappa shape index (κ3) is 1.33. The van der Waals surface area contributed by atoms with Crippen molar-refractivity contribution in [3.05, 3.63) is 23.1 Å². The normalized spacial score (nSPS) is 10.9. The van der Waals surface area contributed by atoms with E-state index in [1.54, 1.807) is 6.08 Å².